The first kappa shape index (κ1) is 10.0. The van der Waals surface area contributed by atoms with Gasteiger partial charge in [-0.15, -0.1) is 0 Å². The van der Waals surface area contributed by atoms with Crippen molar-refractivity contribution < 1.29 is 0 Å². The van der Waals surface area contributed by atoms with Crippen LogP contribution in [0.25, 0.3) is 0 Å². The molecule has 1 heteroatoms. The Bertz CT molecular complexity index is 114. The molecule has 1 fully saturated rings. The van der Waals surface area contributed by atoms with Crippen LogP contribution < -0.4 is 5.32 Å². The van der Waals surface area contributed by atoms with Crippen LogP contribution in [0.2, 0.25) is 0 Å². The van der Waals surface area contributed by atoms with Crippen molar-refractivity contribution in [2.45, 2.75) is 52.0 Å². The smallest absolute Gasteiger partial charge is 0.00896 e. The fourth-order valence-corrected chi connectivity index (χ4v) is 2.33. The SMILES string of the molecule is CNC(CC1CCCC1)C(C)C. The molecule has 0 heterocycles. The highest BCUT2D eigenvalue weighted by Crippen LogP contribution is 2.29. The molecule has 0 aromatic rings. The van der Waals surface area contributed by atoms with Crippen LogP contribution in [0.1, 0.15) is 46.0 Å². The largest absolute Gasteiger partial charge is 0.317 e. The zero-order chi connectivity index (χ0) is 8.97. The van der Waals surface area contributed by atoms with Crippen molar-refractivity contribution in [3.05, 3.63) is 0 Å². The highest BCUT2D eigenvalue weighted by molar-refractivity contribution is 4.76. The average Bonchev–Trinajstić information content (AvgIpc) is 2.51. The van der Waals surface area contributed by atoms with Gasteiger partial charge in [0.05, 0.1) is 0 Å². The molecule has 0 spiro atoms. The summed E-state index contributed by atoms with van der Waals surface area (Å²) in [5.74, 6) is 1.81. The molecule has 1 N–H and O–H groups in total. The van der Waals surface area contributed by atoms with Crippen LogP contribution in [-0.2, 0) is 0 Å². The first-order valence-electron chi connectivity index (χ1n) is 5.41. The van der Waals surface area contributed by atoms with Gasteiger partial charge in [-0.3, -0.25) is 0 Å². The summed E-state index contributed by atoms with van der Waals surface area (Å²) in [6, 6.07) is 0.744. The van der Waals surface area contributed by atoms with E-state index in [4.69, 9.17) is 0 Å². The van der Waals surface area contributed by atoms with Gasteiger partial charge >= 0.3 is 0 Å². The third kappa shape index (κ3) is 2.78. The Kier molecular flexibility index (Phi) is 4.07. The molecule has 0 bridgehead atoms. The quantitative estimate of drug-likeness (QED) is 0.682. The van der Waals surface area contributed by atoms with Gasteiger partial charge in [-0.25, -0.2) is 0 Å². The molecule has 0 amide bonds. The van der Waals surface area contributed by atoms with Gasteiger partial charge in [0.2, 0.25) is 0 Å². The van der Waals surface area contributed by atoms with Crippen LogP contribution in [-0.4, -0.2) is 13.1 Å². The maximum absolute atomic E-state index is 3.43. The molecule has 1 saturated carbocycles. The summed E-state index contributed by atoms with van der Waals surface area (Å²) in [4.78, 5) is 0. The summed E-state index contributed by atoms with van der Waals surface area (Å²) >= 11 is 0. The van der Waals surface area contributed by atoms with Gasteiger partial charge in [0.15, 0.2) is 0 Å². The monoisotopic (exact) mass is 169 g/mol. The second-order valence-corrected chi connectivity index (χ2v) is 4.53. The number of hydrogen-bond acceptors (Lipinski definition) is 1. The van der Waals surface area contributed by atoms with E-state index in [1.165, 1.54) is 32.1 Å². The van der Waals surface area contributed by atoms with Gasteiger partial charge in [0.1, 0.15) is 0 Å². The van der Waals surface area contributed by atoms with E-state index in [0.717, 1.165) is 17.9 Å². The van der Waals surface area contributed by atoms with Crippen molar-refractivity contribution >= 4 is 0 Å². The molecule has 72 valence electrons. The standard InChI is InChI=1S/C11H23N/c1-9(2)11(12-3)8-10-6-4-5-7-10/h9-12H,4-8H2,1-3H3. The van der Waals surface area contributed by atoms with Crippen LogP contribution in [0.4, 0.5) is 0 Å². The molecule has 12 heavy (non-hydrogen) atoms. The Hall–Kier alpha value is -0.0400. The number of nitrogens with one attached hydrogen (secondary N) is 1. The summed E-state index contributed by atoms with van der Waals surface area (Å²) < 4.78 is 0. The minimum Gasteiger partial charge on any atom is -0.317 e. The van der Waals surface area contributed by atoms with Gasteiger partial charge < -0.3 is 5.32 Å². The van der Waals surface area contributed by atoms with Crippen molar-refractivity contribution in [3.8, 4) is 0 Å². The molecule has 0 aromatic heterocycles. The van der Waals surface area contributed by atoms with Crippen LogP contribution in [0.5, 0.6) is 0 Å². The Labute approximate surface area is 76.9 Å². The summed E-state index contributed by atoms with van der Waals surface area (Å²) in [6.45, 7) is 4.63. The van der Waals surface area contributed by atoms with Crippen molar-refractivity contribution in [1.29, 1.82) is 0 Å². The van der Waals surface area contributed by atoms with Crippen LogP contribution in [0.3, 0.4) is 0 Å². The second-order valence-electron chi connectivity index (χ2n) is 4.53. The lowest BCUT2D eigenvalue weighted by atomic mass is 9.92. The molecule has 1 aliphatic carbocycles. The highest BCUT2D eigenvalue weighted by Gasteiger charge is 2.20. The molecule has 0 aromatic carbocycles. The lowest BCUT2D eigenvalue weighted by Crippen LogP contribution is -2.32. The van der Waals surface area contributed by atoms with Crippen LogP contribution >= 0.6 is 0 Å². The molecular weight excluding hydrogens is 146 g/mol. The molecular formula is C11H23N. The van der Waals surface area contributed by atoms with Crippen molar-refractivity contribution in [1.82, 2.24) is 5.32 Å². The van der Waals surface area contributed by atoms with E-state index in [0.29, 0.717) is 0 Å². The first-order valence-corrected chi connectivity index (χ1v) is 5.41. The molecule has 1 unspecified atom stereocenters. The second kappa shape index (κ2) is 4.86. The van der Waals surface area contributed by atoms with Gasteiger partial charge in [0, 0.05) is 6.04 Å². The predicted octanol–water partition coefficient (Wildman–Crippen LogP) is 2.81. The van der Waals surface area contributed by atoms with E-state index in [2.05, 4.69) is 26.2 Å². The lowest BCUT2D eigenvalue weighted by Gasteiger charge is -2.23. The molecule has 1 aliphatic rings. The minimum atomic E-state index is 0.744. The maximum Gasteiger partial charge on any atom is 0.00896 e. The molecule has 1 nitrogen and oxygen atoms in total. The third-order valence-corrected chi connectivity index (χ3v) is 3.24. The summed E-state index contributed by atoms with van der Waals surface area (Å²) in [6.07, 6.45) is 7.29. The van der Waals surface area contributed by atoms with Gasteiger partial charge in [-0.1, -0.05) is 39.5 Å². The first-order chi connectivity index (χ1) is 5.74. The predicted molar refractivity (Wildman–Crippen MR) is 54.3 cm³/mol. The summed E-state index contributed by atoms with van der Waals surface area (Å²) in [5, 5.41) is 3.43. The molecule has 1 rings (SSSR count). The van der Waals surface area contributed by atoms with Gasteiger partial charge in [-0.2, -0.15) is 0 Å². The lowest BCUT2D eigenvalue weighted by molar-refractivity contribution is 0.336. The fraction of sp³-hybridized carbons (Fsp3) is 1.00. The molecule has 0 radical (unpaired) electrons. The fourth-order valence-electron chi connectivity index (χ4n) is 2.33. The third-order valence-electron chi connectivity index (χ3n) is 3.24. The Morgan fingerprint density at radius 2 is 1.83 bits per heavy atom. The number of hydrogen-bond donors (Lipinski definition) is 1. The van der Waals surface area contributed by atoms with Crippen molar-refractivity contribution in [2.75, 3.05) is 7.05 Å². The highest BCUT2D eigenvalue weighted by atomic mass is 14.9. The summed E-state index contributed by atoms with van der Waals surface area (Å²) in [5.41, 5.74) is 0. The van der Waals surface area contributed by atoms with E-state index in [1.54, 1.807) is 0 Å². The topological polar surface area (TPSA) is 12.0 Å². The summed E-state index contributed by atoms with van der Waals surface area (Å²) in [7, 11) is 2.10. The number of rotatable bonds is 4. The zero-order valence-electron chi connectivity index (χ0n) is 8.77. The molecule has 0 aliphatic heterocycles. The van der Waals surface area contributed by atoms with Crippen LogP contribution in [0, 0.1) is 11.8 Å². The van der Waals surface area contributed by atoms with Crippen LogP contribution in [0.15, 0.2) is 0 Å². The average molecular weight is 169 g/mol. The van der Waals surface area contributed by atoms with E-state index >= 15 is 0 Å². The molecule has 1 atom stereocenters. The van der Waals surface area contributed by atoms with Crippen molar-refractivity contribution in [2.24, 2.45) is 11.8 Å². The van der Waals surface area contributed by atoms with E-state index in [-0.39, 0.29) is 0 Å². The normalized spacial score (nSPS) is 22.0. The zero-order valence-corrected chi connectivity index (χ0v) is 8.77. The van der Waals surface area contributed by atoms with Crippen molar-refractivity contribution in [3.63, 3.8) is 0 Å². The molecule has 0 saturated heterocycles. The minimum absolute atomic E-state index is 0.744. The van der Waals surface area contributed by atoms with E-state index in [1.807, 2.05) is 0 Å². The van der Waals surface area contributed by atoms with Gasteiger partial charge in [-0.05, 0) is 25.3 Å². The Balaban J connectivity index is 2.26. The maximum atomic E-state index is 3.43. The van der Waals surface area contributed by atoms with E-state index in [9.17, 15) is 0 Å². The Morgan fingerprint density at radius 1 is 1.25 bits per heavy atom. The van der Waals surface area contributed by atoms with Gasteiger partial charge in [0.25, 0.3) is 0 Å². The Morgan fingerprint density at radius 3 is 2.25 bits per heavy atom. The van der Waals surface area contributed by atoms with E-state index < -0.39 is 0 Å².